The van der Waals surface area contributed by atoms with E-state index >= 15 is 0 Å². The number of carbonyl (C=O) groups excluding carboxylic acids is 2. The normalized spacial score (nSPS) is 30.7. The van der Waals surface area contributed by atoms with E-state index in [1.54, 1.807) is 7.11 Å². The van der Waals surface area contributed by atoms with Crippen LogP contribution in [0.2, 0.25) is 0 Å². The van der Waals surface area contributed by atoms with Crippen LogP contribution >= 0.6 is 0 Å². The minimum absolute atomic E-state index is 0.167. The van der Waals surface area contributed by atoms with Gasteiger partial charge in [-0.15, -0.1) is 0 Å². The Labute approximate surface area is 169 Å². The van der Waals surface area contributed by atoms with E-state index in [2.05, 4.69) is 33.7 Å². The molecule has 4 heterocycles. The molecule has 2 bridgehead atoms. The maximum Gasteiger partial charge on any atom is 0.252 e. The third-order valence-corrected chi connectivity index (χ3v) is 7.58. The number of benzene rings is 2. The number of methoxy groups -OCH3 is 1. The number of hydrogen-bond acceptors (Lipinski definition) is 5. The van der Waals surface area contributed by atoms with Crippen molar-refractivity contribution in [1.82, 2.24) is 5.32 Å². The summed E-state index contributed by atoms with van der Waals surface area (Å²) in [7, 11) is 1.67. The maximum atomic E-state index is 13.2. The van der Waals surface area contributed by atoms with Gasteiger partial charge in [-0.2, -0.15) is 0 Å². The number of piperidine rings is 1. The first-order chi connectivity index (χ1) is 14.0. The Morgan fingerprint density at radius 1 is 1.21 bits per heavy atom. The molecule has 6 rings (SSSR count). The highest BCUT2D eigenvalue weighted by atomic mass is 16.5. The summed E-state index contributed by atoms with van der Waals surface area (Å²) < 4.78 is 5.75. The molecule has 4 aliphatic heterocycles. The largest absolute Gasteiger partial charge is 0.495 e. The number of amides is 2. The second-order valence-electron chi connectivity index (χ2n) is 8.70. The summed E-state index contributed by atoms with van der Waals surface area (Å²) in [4.78, 5) is 28.4. The topological polar surface area (TPSA) is 70.7 Å². The first-order valence-corrected chi connectivity index (χ1v) is 10.2. The highest BCUT2D eigenvalue weighted by Gasteiger charge is 2.61. The Morgan fingerprint density at radius 3 is 2.79 bits per heavy atom. The Morgan fingerprint density at radius 2 is 2.00 bits per heavy atom. The monoisotopic (exact) mass is 389 g/mol. The van der Waals surface area contributed by atoms with Gasteiger partial charge in [0.1, 0.15) is 11.3 Å². The number of carbonyl (C=O) groups is 2. The molecule has 1 saturated heterocycles. The van der Waals surface area contributed by atoms with Gasteiger partial charge < -0.3 is 15.0 Å². The number of fused-ring (bicyclic) bond motifs is 7. The highest BCUT2D eigenvalue weighted by molar-refractivity contribution is 6.12. The fraction of sp³-hybridized carbons (Fsp3) is 0.391. The molecule has 0 aliphatic carbocycles. The third kappa shape index (κ3) is 1.78. The summed E-state index contributed by atoms with van der Waals surface area (Å²) in [6, 6.07) is 10.4. The quantitative estimate of drug-likeness (QED) is 0.733. The van der Waals surface area contributed by atoms with Gasteiger partial charge in [0.25, 0.3) is 5.91 Å². The summed E-state index contributed by atoms with van der Waals surface area (Å²) in [5.74, 6) is 0.00780. The van der Waals surface area contributed by atoms with Crippen LogP contribution in [-0.2, 0) is 9.59 Å². The van der Waals surface area contributed by atoms with Crippen LogP contribution in [0, 0.1) is 5.92 Å². The number of para-hydroxylation sites is 1. The molecule has 1 fully saturated rings. The third-order valence-electron chi connectivity index (χ3n) is 7.58. The molecule has 6 heteroatoms. The molecule has 29 heavy (non-hydrogen) atoms. The molecule has 0 saturated carbocycles. The Balaban J connectivity index is 1.79. The van der Waals surface area contributed by atoms with E-state index in [0.717, 1.165) is 46.9 Å². The molecule has 0 spiro atoms. The molecule has 2 aromatic carbocycles. The van der Waals surface area contributed by atoms with E-state index in [1.165, 1.54) is 5.56 Å². The number of rotatable bonds is 1. The molecule has 4 aliphatic rings. The van der Waals surface area contributed by atoms with Crippen molar-refractivity contribution in [3.8, 4) is 5.75 Å². The van der Waals surface area contributed by atoms with Crippen molar-refractivity contribution in [2.24, 2.45) is 5.92 Å². The summed E-state index contributed by atoms with van der Waals surface area (Å²) >= 11 is 0. The van der Waals surface area contributed by atoms with Crippen molar-refractivity contribution in [1.29, 1.82) is 0 Å². The lowest BCUT2D eigenvalue weighted by Gasteiger charge is -2.58. The molecule has 2 aromatic rings. The predicted octanol–water partition coefficient (Wildman–Crippen LogP) is 3.24. The lowest BCUT2D eigenvalue weighted by molar-refractivity contribution is -0.141. The molecule has 0 radical (unpaired) electrons. The van der Waals surface area contributed by atoms with E-state index in [-0.39, 0.29) is 29.6 Å². The first kappa shape index (κ1) is 16.9. The summed E-state index contributed by atoms with van der Waals surface area (Å²) in [5, 5.41) is 6.17. The average molecular weight is 389 g/mol. The zero-order valence-electron chi connectivity index (χ0n) is 16.7. The molecule has 2 amide bonds. The Bertz CT molecular complexity index is 1110. The number of anilines is 3. The van der Waals surface area contributed by atoms with E-state index < -0.39 is 5.54 Å². The number of imide groups is 1. The van der Waals surface area contributed by atoms with Crippen molar-refractivity contribution in [3.63, 3.8) is 0 Å². The van der Waals surface area contributed by atoms with Crippen molar-refractivity contribution < 1.29 is 14.3 Å². The number of hydrogen-bond donors (Lipinski definition) is 2. The molecule has 6 nitrogen and oxygen atoms in total. The van der Waals surface area contributed by atoms with Gasteiger partial charge in [-0.05, 0) is 36.6 Å². The second kappa shape index (κ2) is 5.32. The lowest BCUT2D eigenvalue weighted by Crippen LogP contribution is -2.69. The van der Waals surface area contributed by atoms with Crippen LogP contribution in [0.25, 0.3) is 0 Å². The van der Waals surface area contributed by atoms with Gasteiger partial charge in [0, 0.05) is 29.6 Å². The fourth-order valence-corrected chi connectivity index (χ4v) is 6.03. The van der Waals surface area contributed by atoms with Crippen molar-refractivity contribution in [2.45, 2.75) is 37.6 Å². The van der Waals surface area contributed by atoms with E-state index in [1.807, 2.05) is 26.0 Å². The summed E-state index contributed by atoms with van der Waals surface area (Å²) in [6.45, 7) is 4.85. The molecule has 148 valence electrons. The molecule has 4 atom stereocenters. The van der Waals surface area contributed by atoms with Gasteiger partial charge in [0.2, 0.25) is 5.91 Å². The zero-order valence-corrected chi connectivity index (χ0v) is 16.7. The molecular formula is C23H23N3O3. The van der Waals surface area contributed by atoms with Crippen molar-refractivity contribution in [3.05, 3.63) is 47.0 Å². The van der Waals surface area contributed by atoms with Crippen LogP contribution in [-0.4, -0.2) is 31.0 Å². The standard InChI is InChI=1S/C23H23N3O3/c1-11-17-14-10-16(29-3)19-18-13(8-9-24-19)12-6-4-5-7-15(12)26(20(14)18)23(11,2)22(28)25-21(17)27/h4-7,10-11,13,17,24H,8-9H2,1-3H3,(H,25,27,28)/t11-,13?,17+,23+/m1/s1. The second-order valence-corrected chi connectivity index (χ2v) is 8.70. The van der Waals surface area contributed by atoms with Gasteiger partial charge >= 0.3 is 0 Å². The molecule has 0 aromatic heterocycles. The maximum absolute atomic E-state index is 13.2. The van der Waals surface area contributed by atoms with Crippen LogP contribution in [0.15, 0.2) is 30.3 Å². The van der Waals surface area contributed by atoms with Crippen molar-refractivity contribution >= 4 is 28.9 Å². The van der Waals surface area contributed by atoms with Gasteiger partial charge in [0.05, 0.1) is 24.4 Å². The molecular weight excluding hydrogens is 366 g/mol. The highest BCUT2D eigenvalue weighted by Crippen LogP contribution is 2.63. The summed E-state index contributed by atoms with van der Waals surface area (Å²) in [6.07, 6.45) is 0.967. The van der Waals surface area contributed by atoms with Crippen LogP contribution in [0.4, 0.5) is 17.1 Å². The van der Waals surface area contributed by atoms with Gasteiger partial charge in [0.15, 0.2) is 0 Å². The van der Waals surface area contributed by atoms with Crippen LogP contribution in [0.1, 0.15) is 48.8 Å². The van der Waals surface area contributed by atoms with E-state index in [9.17, 15) is 9.59 Å². The predicted molar refractivity (Wildman–Crippen MR) is 110 cm³/mol. The zero-order chi connectivity index (χ0) is 20.1. The van der Waals surface area contributed by atoms with Crippen LogP contribution in [0.3, 0.4) is 0 Å². The minimum atomic E-state index is -0.841. The van der Waals surface area contributed by atoms with Crippen molar-refractivity contribution in [2.75, 3.05) is 23.9 Å². The molecule has 2 N–H and O–H groups in total. The van der Waals surface area contributed by atoms with Gasteiger partial charge in [-0.1, -0.05) is 25.1 Å². The number of nitrogens with one attached hydrogen (secondary N) is 2. The average Bonchev–Trinajstić information content (AvgIpc) is 2.73. The number of nitrogens with zero attached hydrogens (tertiary/aromatic N) is 1. The SMILES string of the molecule is COc1cc2c3c4c1NCCC4c1ccccc1N3[C@]1(C)C(=O)NC(=O)[C@H]2[C@H]1C. The van der Waals surface area contributed by atoms with Gasteiger partial charge in [-0.25, -0.2) is 0 Å². The molecule has 1 unspecified atom stereocenters. The van der Waals surface area contributed by atoms with Gasteiger partial charge in [-0.3, -0.25) is 14.9 Å². The Hall–Kier alpha value is -3.02. The van der Waals surface area contributed by atoms with Crippen LogP contribution in [0.5, 0.6) is 5.75 Å². The van der Waals surface area contributed by atoms with Crippen LogP contribution < -0.4 is 20.3 Å². The smallest absolute Gasteiger partial charge is 0.252 e. The number of ether oxygens (including phenoxy) is 1. The summed E-state index contributed by atoms with van der Waals surface area (Å²) in [5.41, 5.74) is 5.59. The lowest BCUT2D eigenvalue weighted by atomic mass is 9.63. The fourth-order valence-electron chi connectivity index (χ4n) is 6.03. The van der Waals surface area contributed by atoms with E-state index in [4.69, 9.17) is 4.74 Å². The minimum Gasteiger partial charge on any atom is -0.495 e. The van der Waals surface area contributed by atoms with E-state index in [0.29, 0.717) is 0 Å². The first-order valence-electron chi connectivity index (χ1n) is 10.2. The Kier molecular flexibility index (Phi) is 3.10.